The first kappa shape index (κ1) is 15.7. The van der Waals surface area contributed by atoms with Crippen molar-refractivity contribution in [1.82, 2.24) is 5.32 Å². The lowest BCUT2D eigenvalue weighted by Crippen LogP contribution is -2.31. The third-order valence-electron chi connectivity index (χ3n) is 2.42. The van der Waals surface area contributed by atoms with Crippen LogP contribution in [-0.2, 0) is 27.4 Å². The zero-order valence-electron chi connectivity index (χ0n) is 12.2. The predicted molar refractivity (Wildman–Crippen MR) is 74.7 cm³/mol. The number of rotatable bonds is 6. The van der Waals surface area contributed by atoms with Crippen molar-refractivity contribution in [2.24, 2.45) is 0 Å². The van der Waals surface area contributed by atoms with Gasteiger partial charge in [-0.2, -0.15) is 0 Å². The quantitative estimate of drug-likeness (QED) is 0.802. The fraction of sp³-hybridized carbons (Fsp3) is 0.533. The normalized spacial score (nSPS) is 11.4. The van der Waals surface area contributed by atoms with E-state index in [1.807, 2.05) is 45.0 Å². The van der Waals surface area contributed by atoms with Gasteiger partial charge in [0, 0.05) is 13.7 Å². The Kier molecular flexibility index (Phi) is 5.99. The van der Waals surface area contributed by atoms with E-state index in [-0.39, 0.29) is 12.5 Å². The van der Waals surface area contributed by atoms with Gasteiger partial charge in [-0.05, 0) is 31.9 Å². The molecule has 1 N–H and O–H groups in total. The van der Waals surface area contributed by atoms with E-state index in [9.17, 15) is 4.79 Å². The highest BCUT2D eigenvalue weighted by Crippen LogP contribution is 2.10. The van der Waals surface area contributed by atoms with Gasteiger partial charge in [0.1, 0.15) is 5.60 Å². The van der Waals surface area contributed by atoms with Gasteiger partial charge in [-0.15, -0.1) is 0 Å². The van der Waals surface area contributed by atoms with E-state index in [1.165, 1.54) is 0 Å². The molecule has 19 heavy (non-hydrogen) atoms. The summed E-state index contributed by atoms with van der Waals surface area (Å²) in [6.45, 7) is 6.98. The maximum absolute atomic E-state index is 11.6. The van der Waals surface area contributed by atoms with Crippen LogP contribution in [0.15, 0.2) is 24.3 Å². The monoisotopic (exact) mass is 265 g/mol. The molecule has 0 aliphatic rings. The number of esters is 1. The molecule has 0 fully saturated rings. The van der Waals surface area contributed by atoms with Crippen LogP contribution in [0.1, 0.15) is 31.9 Å². The average Bonchev–Trinajstić information content (AvgIpc) is 2.29. The highest BCUT2D eigenvalue weighted by atomic mass is 16.6. The fourth-order valence-electron chi connectivity index (χ4n) is 1.70. The molecule has 0 aliphatic carbocycles. The Morgan fingerprint density at radius 2 is 1.84 bits per heavy atom. The second kappa shape index (κ2) is 7.26. The average molecular weight is 265 g/mol. The third kappa shape index (κ3) is 6.36. The minimum absolute atomic E-state index is 0.207. The maximum atomic E-state index is 11.6. The number of hydrogen-bond acceptors (Lipinski definition) is 4. The van der Waals surface area contributed by atoms with Gasteiger partial charge in [0.05, 0.1) is 13.2 Å². The van der Waals surface area contributed by atoms with Crippen molar-refractivity contribution in [1.29, 1.82) is 0 Å². The fourth-order valence-corrected chi connectivity index (χ4v) is 1.70. The molecular weight excluding hydrogens is 242 g/mol. The number of nitrogens with one attached hydrogen (secondary N) is 1. The van der Waals surface area contributed by atoms with E-state index in [0.29, 0.717) is 13.2 Å². The van der Waals surface area contributed by atoms with Gasteiger partial charge in [-0.1, -0.05) is 24.3 Å². The Labute approximate surface area is 115 Å². The lowest BCUT2D eigenvalue weighted by molar-refractivity contribution is -0.153. The minimum atomic E-state index is -0.438. The van der Waals surface area contributed by atoms with Crippen molar-refractivity contribution in [2.45, 2.75) is 39.5 Å². The molecule has 1 aromatic rings. The molecule has 0 saturated carbocycles. The van der Waals surface area contributed by atoms with Gasteiger partial charge in [0.2, 0.25) is 0 Å². The molecule has 0 saturated heterocycles. The summed E-state index contributed by atoms with van der Waals surface area (Å²) in [5, 5.41) is 3.09. The summed E-state index contributed by atoms with van der Waals surface area (Å²) in [7, 11) is 1.67. The van der Waals surface area contributed by atoms with Crippen LogP contribution in [0.25, 0.3) is 0 Å². The second-order valence-electron chi connectivity index (χ2n) is 5.39. The molecule has 4 nitrogen and oxygen atoms in total. The molecule has 0 atom stereocenters. The first-order valence-electron chi connectivity index (χ1n) is 6.40. The van der Waals surface area contributed by atoms with E-state index in [1.54, 1.807) is 7.11 Å². The van der Waals surface area contributed by atoms with Crippen LogP contribution >= 0.6 is 0 Å². The number of methoxy groups -OCH3 is 1. The highest BCUT2D eigenvalue weighted by molar-refractivity contribution is 5.72. The molecular formula is C15H23NO3. The van der Waals surface area contributed by atoms with Crippen molar-refractivity contribution in [3.8, 4) is 0 Å². The molecule has 0 spiro atoms. The first-order valence-corrected chi connectivity index (χ1v) is 6.40. The third-order valence-corrected chi connectivity index (χ3v) is 2.42. The van der Waals surface area contributed by atoms with E-state index >= 15 is 0 Å². The van der Waals surface area contributed by atoms with Gasteiger partial charge in [-0.25, -0.2) is 0 Å². The lowest BCUT2D eigenvalue weighted by atomic mass is 10.1. The molecule has 0 radical (unpaired) electrons. The van der Waals surface area contributed by atoms with E-state index in [2.05, 4.69) is 5.32 Å². The van der Waals surface area contributed by atoms with Crippen molar-refractivity contribution in [3.63, 3.8) is 0 Å². The zero-order chi connectivity index (χ0) is 14.3. The summed E-state index contributed by atoms with van der Waals surface area (Å²) >= 11 is 0. The van der Waals surface area contributed by atoms with E-state index in [0.717, 1.165) is 11.1 Å². The highest BCUT2D eigenvalue weighted by Gasteiger charge is 2.15. The summed E-state index contributed by atoms with van der Waals surface area (Å²) < 4.78 is 10.4. The van der Waals surface area contributed by atoms with E-state index in [4.69, 9.17) is 9.47 Å². The molecule has 0 bridgehead atoms. The van der Waals surface area contributed by atoms with Crippen molar-refractivity contribution >= 4 is 5.97 Å². The van der Waals surface area contributed by atoms with Crippen LogP contribution in [-0.4, -0.2) is 25.2 Å². The lowest BCUT2D eigenvalue weighted by Gasteiger charge is -2.19. The molecule has 0 unspecified atom stereocenters. The minimum Gasteiger partial charge on any atom is -0.459 e. The number of hydrogen-bond donors (Lipinski definition) is 1. The summed E-state index contributed by atoms with van der Waals surface area (Å²) in [5.41, 5.74) is 1.82. The Morgan fingerprint density at radius 1 is 1.21 bits per heavy atom. The molecule has 0 aromatic heterocycles. The molecule has 0 aliphatic heterocycles. The molecule has 106 valence electrons. The maximum Gasteiger partial charge on any atom is 0.320 e. The number of carbonyl (C=O) groups excluding carboxylic acids is 1. The Balaban J connectivity index is 2.43. The van der Waals surface area contributed by atoms with Crippen molar-refractivity contribution in [2.75, 3.05) is 13.7 Å². The summed E-state index contributed by atoms with van der Waals surface area (Å²) in [4.78, 5) is 11.6. The second-order valence-corrected chi connectivity index (χ2v) is 5.39. The van der Waals surface area contributed by atoms with Gasteiger partial charge in [0.15, 0.2) is 0 Å². The van der Waals surface area contributed by atoms with Gasteiger partial charge >= 0.3 is 5.97 Å². The van der Waals surface area contributed by atoms with Gasteiger partial charge < -0.3 is 14.8 Å². The Hall–Kier alpha value is -1.39. The largest absolute Gasteiger partial charge is 0.459 e. The Bertz CT molecular complexity index is 410. The van der Waals surface area contributed by atoms with Crippen LogP contribution in [0, 0.1) is 0 Å². The van der Waals surface area contributed by atoms with Gasteiger partial charge in [0.25, 0.3) is 0 Å². The first-order chi connectivity index (χ1) is 8.92. The number of benzene rings is 1. The van der Waals surface area contributed by atoms with Crippen LogP contribution in [0.3, 0.4) is 0 Å². The molecule has 4 heteroatoms. The van der Waals surface area contributed by atoms with Crippen LogP contribution in [0.2, 0.25) is 0 Å². The standard InChI is InChI=1S/C15H23NO3/c1-15(2,3)19-14(17)10-16-9-12-7-5-6-8-13(12)11-18-4/h5-8,16H,9-11H2,1-4H3. The van der Waals surface area contributed by atoms with Crippen LogP contribution in [0.5, 0.6) is 0 Å². The molecule has 0 heterocycles. The Morgan fingerprint density at radius 3 is 2.42 bits per heavy atom. The van der Waals surface area contributed by atoms with Crippen molar-refractivity contribution in [3.05, 3.63) is 35.4 Å². The van der Waals surface area contributed by atoms with Gasteiger partial charge in [-0.3, -0.25) is 4.79 Å². The van der Waals surface area contributed by atoms with Crippen molar-refractivity contribution < 1.29 is 14.3 Å². The number of carbonyl (C=O) groups is 1. The topological polar surface area (TPSA) is 47.6 Å². The predicted octanol–water partition coefficient (Wildman–Crippen LogP) is 2.26. The molecule has 1 aromatic carbocycles. The smallest absolute Gasteiger partial charge is 0.320 e. The van der Waals surface area contributed by atoms with E-state index < -0.39 is 5.60 Å². The molecule has 1 rings (SSSR count). The van der Waals surface area contributed by atoms with Crippen LogP contribution in [0.4, 0.5) is 0 Å². The summed E-state index contributed by atoms with van der Waals surface area (Å²) in [5.74, 6) is -0.239. The SMILES string of the molecule is COCc1ccccc1CNCC(=O)OC(C)(C)C. The zero-order valence-corrected chi connectivity index (χ0v) is 12.2. The number of ether oxygens (including phenoxy) is 2. The summed E-state index contributed by atoms with van der Waals surface area (Å²) in [6, 6.07) is 8.00. The summed E-state index contributed by atoms with van der Waals surface area (Å²) in [6.07, 6.45) is 0. The van der Waals surface area contributed by atoms with Crippen LogP contribution < -0.4 is 5.32 Å². The molecule has 0 amide bonds.